The lowest BCUT2D eigenvalue weighted by Crippen LogP contribution is -2.37. The van der Waals surface area contributed by atoms with E-state index in [1.165, 1.54) is 19.3 Å². The van der Waals surface area contributed by atoms with E-state index in [1.54, 1.807) is 0 Å². The summed E-state index contributed by atoms with van der Waals surface area (Å²) in [7, 11) is 0. The Bertz CT molecular complexity index is 446. The van der Waals surface area contributed by atoms with Crippen molar-refractivity contribution in [2.75, 3.05) is 13.1 Å². The molecule has 1 aliphatic carbocycles. The van der Waals surface area contributed by atoms with Crippen molar-refractivity contribution in [1.82, 2.24) is 4.90 Å². The highest BCUT2D eigenvalue weighted by molar-refractivity contribution is 9.10. The van der Waals surface area contributed by atoms with Crippen molar-refractivity contribution in [3.8, 4) is 0 Å². The minimum Gasteiger partial charge on any atom is -0.329 e. The van der Waals surface area contributed by atoms with Crippen LogP contribution in [0.25, 0.3) is 0 Å². The van der Waals surface area contributed by atoms with Crippen molar-refractivity contribution in [3.63, 3.8) is 0 Å². The Morgan fingerprint density at radius 2 is 2.10 bits per heavy atom. The van der Waals surface area contributed by atoms with E-state index in [1.807, 2.05) is 6.07 Å². The van der Waals surface area contributed by atoms with Crippen LogP contribution >= 0.6 is 27.5 Å². The van der Waals surface area contributed by atoms with Crippen LogP contribution in [0.4, 0.5) is 0 Å². The number of halogens is 2. The van der Waals surface area contributed by atoms with Gasteiger partial charge in [0.1, 0.15) is 0 Å². The Hall–Kier alpha value is -0.0900. The van der Waals surface area contributed by atoms with E-state index in [2.05, 4.69) is 46.8 Å². The quantitative estimate of drug-likeness (QED) is 0.770. The zero-order valence-corrected chi connectivity index (χ0v) is 14.6. The fourth-order valence-corrected chi connectivity index (χ4v) is 3.42. The van der Waals surface area contributed by atoms with Crippen LogP contribution in [-0.2, 0) is 0 Å². The zero-order valence-electron chi connectivity index (χ0n) is 12.3. The highest BCUT2D eigenvalue weighted by Crippen LogP contribution is 2.37. The SMILES string of the molecule is CC(C)CCN(C1CC1)C(CN)c1ccc(Br)cc1Cl. The van der Waals surface area contributed by atoms with Crippen LogP contribution in [0.1, 0.15) is 44.7 Å². The van der Waals surface area contributed by atoms with Gasteiger partial charge in [-0.15, -0.1) is 0 Å². The second kappa shape index (κ2) is 7.26. The van der Waals surface area contributed by atoms with E-state index in [-0.39, 0.29) is 6.04 Å². The van der Waals surface area contributed by atoms with Gasteiger partial charge in [-0.2, -0.15) is 0 Å². The number of nitrogens with zero attached hydrogens (tertiary/aromatic N) is 1. The van der Waals surface area contributed by atoms with Crippen LogP contribution in [0.2, 0.25) is 5.02 Å². The first-order valence-electron chi connectivity index (χ1n) is 7.43. The molecule has 0 saturated heterocycles. The maximum atomic E-state index is 6.42. The van der Waals surface area contributed by atoms with Gasteiger partial charge < -0.3 is 5.73 Å². The Kier molecular flexibility index (Phi) is 5.91. The average Bonchev–Trinajstić information content (AvgIpc) is 3.19. The van der Waals surface area contributed by atoms with Gasteiger partial charge in [0, 0.05) is 28.1 Å². The topological polar surface area (TPSA) is 29.3 Å². The minimum absolute atomic E-state index is 0.238. The first-order valence-corrected chi connectivity index (χ1v) is 8.60. The normalized spacial score (nSPS) is 16.9. The van der Waals surface area contributed by atoms with Crippen LogP contribution in [-0.4, -0.2) is 24.0 Å². The van der Waals surface area contributed by atoms with E-state index in [0.717, 1.165) is 27.5 Å². The molecular weight excluding hydrogens is 336 g/mol. The predicted molar refractivity (Wildman–Crippen MR) is 90.1 cm³/mol. The van der Waals surface area contributed by atoms with Gasteiger partial charge in [0.05, 0.1) is 0 Å². The van der Waals surface area contributed by atoms with Gasteiger partial charge in [0.2, 0.25) is 0 Å². The molecule has 1 atom stereocenters. The molecule has 1 saturated carbocycles. The maximum Gasteiger partial charge on any atom is 0.0488 e. The smallest absolute Gasteiger partial charge is 0.0488 e. The summed E-state index contributed by atoms with van der Waals surface area (Å²) >= 11 is 9.89. The lowest BCUT2D eigenvalue weighted by atomic mass is 10.0. The fourth-order valence-electron chi connectivity index (χ4n) is 2.62. The van der Waals surface area contributed by atoms with Crippen molar-refractivity contribution < 1.29 is 0 Å². The van der Waals surface area contributed by atoms with Crippen molar-refractivity contribution in [1.29, 1.82) is 0 Å². The van der Waals surface area contributed by atoms with Gasteiger partial charge in [-0.1, -0.05) is 47.4 Å². The Balaban J connectivity index is 2.18. The molecule has 4 heteroatoms. The van der Waals surface area contributed by atoms with Gasteiger partial charge in [0.15, 0.2) is 0 Å². The molecule has 112 valence electrons. The van der Waals surface area contributed by atoms with Crippen LogP contribution in [0.5, 0.6) is 0 Å². The minimum atomic E-state index is 0.238. The number of hydrogen-bond donors (Lipinski definition) is 1. The van der Waals surface area contributed by atoms with Gasteiger partial charge in [-0.25, -0.2) is 0 Å². The summed E-state index contributed by atoms with van der Waals surface area (Å²) in [5, 5.41) is 0.810. The molecule has 1 fully saturated rings. The third-order valence-corrected chi connectivity index (χ3v) is 4.75. The van der Waals surface area contributed by atoms with Crippen molar-refractivity contribution in [3.05, 3.63) is 33.3 Å². The Morgan fingerprint density at radius 3 is 2.60 bits per heavy atom. The molecule has 0 aliphatic heterocycles. The average molecular weight is 360 g/mol. The number of nitrogens with two attached hydrogens (primary N) is 1. The third kappa shape index (κ3) is 4.20. The van der Waals surface area contributed by atoms with E-state index in [9.17, 15) is 0 Å². The van der Waals surface area contributed by atoms with Gasteiger partial charge in [0.25, 0.3) is 0 Å². The molecule has 0 bridgehead atoms. The van der Waals surface area contributed by atoms with Crippen LogP contribution in [0.3, 0.4) is 0 Å². The first-order chi connectivity index (χ1) is 9.52. The van der Waals surface area contributed by atoms with Gasteiger partial charge in [-0.3, -0.25) is 4.90 Å². The lowest BCUT2D eigenvalue weighted by molar-refractivity contribution is 0.181. The summed E-state index contributed by atoms with van der Waals surface area (Å²) < 4.78 is 1.02. The molecule has 0 heterocycles. The lowest BCUT2D eigenvalue weighted by Gasteiger charge is -2.32. The third-order valence-electron chi connectivity index (χ3n) is 3.93. The predicted octanol–water partition coefficient (Wildman–Crippen LogP) is 4.61. The molecule has 0 aromatic heterocycles. The van der Waals surface area contributed by atoms with Gasteiger partial charge in [-0.05, 0) is 49.4 Å². The summed E-state index contributed by atoms with van der Waals surface area (Å²) in [4.78, 5) is 2.56. The summed E-state index contributed by atoms with van der Waals surface area (Å²) in [5.74, 6) is 0.718. The highest BCUT2D eigenvalue weighted by Gasteiger charge is 2.34. The first kappa shape index (κ1) is 16.3. The van der Waals surface area contributed by atoms with Gasteiger partial charge >= 0.3 is 0 Å². The van der Waals surface area contributed by atoms with Crippen molar-refractivity contribution in [2.24, 2.45) is 11.7 Å². The van der Waals surface area contributed by atoms with Crippen molar-refractivity contribution >= 4 is 27.5 Å². The highest BCUT2D eigenvalue weighted by atomic mass is 79.9. The molecule has 2 N–H and O–H groups in total. The number of benzene rings is 1. The molecule has 1 unspecified atom stereocenters. The fraction of sp³-hybridized carbons (Fsp3) is 0.625. The second-order valence-electron chi connectivity index (χ2n) is 6.07. The number of rotatable bonds is 7. The molecular formula is C16H24BrClN2. The molecule has 20 heavy (non-hydrogen) atoms. The standard InChI is InChI=1S/C16H24BrClN2/c1-11(2)7-8-20(13-4-5-13)16(10-19)14-6-3-12(17)9-15(14)18/h3,6,9,11,13,16H,4-5,7-8,10,19H2,1-2H3. The largest absolute Gasteiger partial charge is 0.329 e. The summed E-state index contributed by atoms with van der Waals surface area (Å²) in [6.07, 6.45) is 3.80. The molecule has 0 radical (unpaired) electrons. The van der Waals surface area contributed by atoms with E-state index in [0.29, 0.717) is 12.6 Å². The van der Waals surface area contributed by atoms with E-state index in [4.69, 9.17) is 17.3 Å². The Morgan fingerprint density at radius 1 is 1.40 bits per heavy atom. The summed E-state index contributed by atoms with van der Waals surface area (Å²) in [6, 6.07) is 7.06. The van der Waals surface area contributed by atoms with Crippen LogP contribution in [0.15, 0.2) is 22.7 Å². The Labute approximate surface area is 135 Å². The van der Waals surface area contributed by atoms with Crippen LogP contribution in [0, 0.1) is 5.92 Å². The summed E-state index contributed by atoms with van der Waals surface area (Å²) in [6.45, 7) is 6.27. The van der Waals surface area contributed by atoms with Crippen LogP contribution < -0.4 is 5.73 Å². The molecule has 2 nitrogen and oxygen atoms in total. The zero-order chi connectivity index (χ0) is 14.7. The van der Waals surface area contributed by atoms with E-state index < -0.39 is 0 Å². The number of hydrogen-bond acceptors (Lipinski definition) is 2. The van der Waals surface area contributed by atoms with Crippen molar-refractivity contribution in [2.45, 2.75) is 45.2 Å². The molecule has 0 spiro atoms. The monoisotopic (exact) mass is 358 g/mol. The molecule has 1 aromatic carbocycles. The van der Waals surface area contributed by atoms with E-state index >= 15 is 0 Å². The maximum absolute atomic E-state index is 6.42. The summed E-state index contributed by atoms with van der Waals surface area (Å²) in [5.41, 5.74) is 7.23. The molecule has 1 aliphatic rings. The molecule has 1 aromatic rings. The molecule has 0 amide bonds. The second-order valence-corrected chi connectivity index (χ2v) is 7.39. The molecule has 2 rings (SSSR count).